The van der Waals surface area contributed by atoms with Crippen LogP contribution in [0.15, 0.2) is 48.5 Å². The summed E-state index contributed by atoms with van der Waals surface area (Å²) in [6.45, 7) is 25.7. The van der Waals surface area contributed by atoms with Gasteiger partial charge in [-0.05, 0) is 74.9 Å². The number of thioether (sulfide) groups is 4. The smallest absolute Gasteiger partial charge is 0.349 e. The molecule has 0 bridgehead atoms. The molecule has 0 spiro atoms. The Morgan fingerprint density at radius 3 is 1.52 bits per heavy atom. The Balaban J connectivity index is 0.000000238. The van der Waals surface area contributed by atoms with Crippen molar-refractivity contribution in [2.45, 2.75) is 218 Å². The van der Waals surface area contributed by atoms with Crippen LogP contribution in [0.25, 0.3) is 0 Å². The third-order valence-electron chi connectivity index (χ3n) is 12.4. The predicted molar refractivity (Wildman–Crippen MR) is 274 cm³/mol. The second kappa shape index (κ2) is 25.6. The molecule has 11 heteroatoms. The lowest BCUT2D eigenvalue weighted by Crippen LogP contribution is -2.63. The Bertz CT molecular complexity index is 1530. The summed E-state index contributed by atoms with van der Waals surface area (Å²) in [6.07, 6.45) is 18.5. The summed E-state index contributed by atoms with van der Waals surface area (Å²) < 4.78 is 38.5. The van der Waals surface area contributed by atoms with E-state index in [0.717, 1.165) is 75.1 Å². The fraction of sp³-hybridized carbons (Fsp3) is 0.765. The van der Waals surface area contributed by atoms with Crippen LogP contribution >= 0.6 is 47.0 Å². The highest BCUT2D eigenvalue weighted by Gasteiger charge is 2.63. The SMILES string of the molecule is CCCCCCCCOc1ccc(CSC2C[C@@H]3OC(C)(C)OC[C@H]3S2)cc1.CCCCCCCCOc1ccc(CSC2C[C@@H]3O[Si](C(C)(C)C)(C(C)(C)C)OC[C@H]3S2)cc1. The maximum atomic E-state index is 6.96. The molecule has 4 saturated heterocycles. The van der Waals surface area contributed by atoms with Gasteiger partial charge in [0.1, 0.15) is 11.5 Å². The summed E-state index contributed by atoms with van der Waals surface area (Å²) >= 11 is 8.18. The first-order valence-corrected chi connectivity index (χ1v) is 30.0. The zero-order valence-electron chi connectivity index (χ0n) is 40.3. The van der Waals surface area contributed by atoms with Gasteiger partial charge in [0.15, 0.2) is 5.79 Å². The Labute approximate surface area is 397 Å². The number of ether oxygens (including phenoxy) is 4. The van der Waals surface area contributed by atoms with Crippen LogP contribution in [-0.2, 0) is 29.8 Å². The molecule has 0 aromatic heterocycles. The fourth-order valence-corrected chi connectivity index (χ4v) is 20.3. The van der Waals surface area contributed by atoms with Crippen molar-refractivity contribution in [2.24, 2.45) is 0 Å². The van der Waals surface area contributed by atoms with Crippen molar-refractivity contribution in [3.63, 3.8) is 0 Å². The highest BCUT2D eigenvalue weighted by atomic mass is 32.2. The van der Waals surface area contributed by atoms with Crippen molar-refractivity contribution in [2.75, 3.05) is 26.4 Å². The Kier molecular flexibility index (Phi) is 21.6. The zero-order chi connectivity index (χ0) is 44.6. The molecule has 4 aliphatic rings. The first-order chi connectivity index (χ1) is 29.6. The molecule has 0 amide bonds. The van der Waals surface area contributed by atoms with Crippen molar-refractivity contribution in [1.82, 2.24) is 0 Å². The van der Waals surface area contributed by atoms with E-state index in [0.29, 0.717) is 31.9 Å². The number of benzene rings is 2. The van der Waals surface area contributed by atoms with E-state index >= 15 is 0 Å². The molecule has 0 aliphatic carbocycles. The third kappa shape index (κ3) is 16.4. The second-order valence-electron chi connectivity index (χ2n) is 20.3. The minimum atomic E-state index is -2.35. The first kappa shape index (κ1) is 52.5. The van der Waals surface area contributed by atoms with Crippen molar-refractivity contribution < 1.29 is 27.8 Å². The molecular weight excluding hydrogens is 865 g/mol. The molecule has 0 saturated carbocycles. The van der Waals surface area contributed by atoms with Crippen LogP contribution in [0.5, 0.6) is 11.5 Å². The molecule has 6 nitrogen and oxygen atoms in total. The molecule has 0 radical (unpaired) electrons. The Morgan fingerprint density at radius 1 is 0.613 bits per heavy atom. The summed E-state index contributed by atoms with van der Waals surface area (Å²) in [4.78, 5) is 0. The van der Waals surface area contributed by atoms with E-state index in [-0.39, 0.29) is 10.1 Å². The van der Waals surface area contributed by atoms with E-state index in [1.807, 2.05) is 37.4 Å². The number of rotatable bonds is 22. The highest BCUT2D eigenvalue weighted by Crippen LogP contribution is 2.57. The van der Waals surface area contributed by atoms with Gasteiger partial charge in [-0.1, -0.05) is 144 Å². The monoisotopic (exact) mass is 948 g/mol. The van der Waals surface area contributed by atoms with E-state index in [9.17, 15) is 0 Å². The lowest BCUT2D eigenvalue weighted by atomic mass is 10.1. The van der Waals surface area contributed by atoms with Crippen LogP contribution < -0.4 is 9.47 Å². The third-order valence-corrected chi connectivity index (χ3v) is 23.7. The van der Waals surface area contributed by atoms with Crippen LogP contribution in [0.1, 0.15) is 170 Å². The van der Waals surface area contributed by atoms with Gasteiger partial charge in [0.2, 0.25) is 0 Å². The van der Waals surface area contributed by atoms with Crippen molar-refractivity contribution in [1.29, 1.82) is 0 Å². The number of hydrogen-bond acceptors (Lipinski definition) is 10. The second-order valence-corrected chi connectivity index (χ2v) is 30.9. The molecule has 352 valence electrons. The van der Waals surface area contributed by atoms with E-state index in [1.165, 1.54) is 75.3 Å². The largest absolute Gasteiger partial charge is 0.494 e. The fourth-order valence-electron chi connectivity index (χ4n) is 9.04. The number of unbranched alkanes of at least 4 members (excludes halogenated alkanes) is 10. The average Bonchev–Trinajstić information content (AvgIpc) is 3.84. The van der Waals surface area contributed by atoms with Gasteiger partial charge < -0.3 is 27.8 Å². The molecular formula is C51H84O6S4Si. The molecule has 6 atom stereocenters. The first-order valence-electron chi connectivity index (χ1n) is 24.2. The highest BCUT2D eigenvalue weighted by molar-refractivity contribution is 8.17. The molecule has 0 N–H and O–H groups in total. The predicted octanol–water partition coefficient (Wildman–Crippen LogP) is 15.6. The van der Waals surface area contributed by atoms with Gasteiger partial charge in [-0.2, -0.15) is 0 Å². The van der Waals surface area contributed by atoms with Gasteiger partial charge in [0, 0.05) is 21.6 Å². The summed E-state index contributed by atoms with van der Waals surface area (Å²) in [5.41, 5.74) is 2.74. The van der Waals surface area contributed by atoms with E-state index in [4.69, 9.17) is 27.8 Å². The summed E-state index contributed by atoms with van der Waals surface area (Å²) in [7, 11) is -2.35. The van der Waals surface area contributed by atoms with E-state index in [2.05, 4.69) is 127 Å². The molecule has 4 fully saturated rings. The average molecular weight is 950 g/mol. The van der Waals surface area contributed by atoms with Gasteiger partial charge >= 0.3 is 8.56 Å². The quantitative estimate of drug-likeness (QED) is 0.0843. The Hall–Kier alpha value is -0.503. The van der Waals surface area contributed by atoms with Crippen LogP contribution in [0.4, 0.5) is 0 Å². The van der Waals surface area contributed by atoms with E-state index < -0.39 is 14.3 Å². The topological polar surface area (TPSA) is 55.4 Å². The van der Waals surface area contributed by atoms with Crippen LogP contribution in [0.2, 0.25) is 10.1 Å². The Morgan fingerprint density at radius 2 is 1.05 bits per heavy atom. The van der Waals surface area contributed by atoms with E-state index in [1.54, 1.807) is 0 Å². The van der Waals surface area contributed by atoms with Gasteiger partial charge in [-0.25, -0.2) is 0 Å². The normalized spacial score (nSPS) is 25.4. The van der Waals surface area contributed by atoms with Crippen molar-refractivity contribution in [3.05, 3.63) is 59.7 Å². The molecule has 4 heterocycles. The maximum absolute atomic E-state index is 6.96. The van der Waals surface area contributed by atoms with Crippen molar-refractivity contribution >= 4 is 55.6 Å². The molecule has 62 heavy (non-hydrogen) atoms. The molecule has 6 rings (SSSR count). The van der Waals surface area contributed by atoms with Gasteiger partial charge in [0.05, 0.1) is 58.3 Å². The maximum Gasteiger partial charge on any atom is 0.349 e. The molecule has 4 aliphatic heterocycles. The van der Waals surface area contributed by atoms with Gasteiger partial charge in [0.25, 0.3) is 0 Å². The molecule has 2 aromatic rings. The standard InChI is InChI=1S/C28H48O3S2Si.C23H36O3S2/c1-8-9-10-11-12-13-18-29-23-16-14-22(15-17-23)21-32-26-19-24-25(33-26)20-30-34(31-24,27(2,3)4)28(5,6)7;1-4-5-6-7-8-9-14-24-19-12-10-18(11-13-19)17-27-22-15-20-21(28-22)16-25-23(2,3)26-20/h14-17,24-26H,8-13,18-21H2,1-7H3;10-13,20-22H,4-9,14-17H2,1-3H3/t24-,25+,26?;20-,21+,22?/m00/s1. The van der Waals surface area contributed by atoms with Crippen LogP contribution in [-0.4, -0.2) is 72.6 Å². The lowest BCUT2D eigenvalue weighted by molar-refractivity contribution is -0.268. The summed E-state index contributed by atoms with van der Waals surface area (Å²) in [5, 5.41) is 1.08. The van der Waals surface area contributed by atoms with Gasteiger partial charge in [-0.3, -0.25) is 0 Å². The minimum Gasteiger partial charge on any atom is -0.494 e. The van der Waals surface area contributed by atoms with Crippen molar-refractivity contribution in [3.8, 4) is 11.5 Å². The number of hydrogen-bond donors (Lipinski definition) is 0. The lowest BCUT2D eigenvalue weighted by Gasteiger charge is -2.53. The van der Waals surface area contributed by atoms with Crippen LogP contribution in [0.3, 0.4) is 0 Å². The minimum absolute atomic E-state index is 0.0605. The van der Waals surface area contributed by atoms with Crippen LogP contribution in [0, 0.1) is 0 Å². The van der Waals surface area contributed by atoms with Gasteiger partial charge in [-0.15, -0.1) is 47.0 Å². The summed E-state index contributed by atoms with van der Waals surface area (Å²) in [5.74, 6) is 3.65. The molecule has 2 aromatic carbocycles. The number of fused-ring (bicyclic) bond motifs is 2. The summed E-state index contributed by atoms with van der Waals surface area (Å²) in [6, 6.07) is 17.4. The molecule has 2 unspecified atom stereocenters. The zero-order valence-corrected chi connectivity index (χ0v) is 44.6.